The fraction of sp³-hybridized carbons (Fsp3) is 0.207. The molecule has 1 saturated heterocycles. The van der Waals surface area contributed by atoms with Crippen LogP contribution in [-0.4, -0.2) is 48.1 Å². The summed E-state index contributed by atoms with van der Waals surface area (Å²) in [5.41, 5.74) is 3.81. The van der Waals surface area contributed by atoms with Crippen molar-refractivity contribution in [2.45, 2.75) is 19.9 Å². The van der Waals surface area contributed by atoms with E-state index in [4.69, 9.17) is 14.2 Å². The van der Waals surface area contributed by atoms with E-state index in [1.807, 2.05) is 31.2 Å². The lowest BCUT2D eigenvalue weighted by molar-refractivity contribution is -0.132. The van der Waals surface area contributed by atoms with Gasteiger partial charge in [-0.15, -0.1) is 0 Å². The van der Waals surface area contributed by atoms with E-state index >= 15 is 0 Å². The number of ether oxygens (including phenoxy) is 3. The number of benzene rings is 3. The number of aromatic amines is 1. The second-order valence-electron chi connectivity index (χ2n) is 9.05. The lowest BCUT2D eigenvalue weighted by atomic mass is 9.93. The summed E-state index contributed by atoms with van der Waals surface area (Å²) in [5.74, 6) is -0.135. The number of aliphatic hydroxyl groups is 1. The van der Waals surface area contributed by atoms with Gasteiger partial charge in [-0.2, -0.15) is 0 Å². The molecule has 1 aromatic heterocycles. The van der Waals surface area contributed by atoms with Gasteiger partial charge in [0, 0.05) is 17.7 Å². The van der Waals surface area contributed by atoms with Crippen LogP contribution in [0.4, 0.5) is 5.95 Å². The molecule has 1 atom stereocenters. The quantitative estimate of drug-likeness (QED) is 0.216. The Morgan fingerprint density at radius 1 is 0.947 bits per heavy atom. The normalized spacial score (nSPS) is 16.8. The fourth-order valence-corrected chi connectivity index (χ4v) is 4.82. The Labute approximate surface area is 219 Å². The predicted molar refractivity (Wildman–Crippen MR) is 143 cm³/mol. The number of amides is 1. The molecule has 2 N–H and O–H groups in total. The summed E-state index contributed by atoms with van der Waals surface area (Å²) in [5, 5.41) is 11.5. The van der Waals surface area contributed by atoms with Crippen LogP contribution in [0.5, 0.6) is 17.2 Å². The van der Waals surface area contributed by atoms with E-state index in [0.29, 0.717) is 45.0 Å². The number of rotatable bonds is 6. The van der Waals surface area contributed by atoms with E-state index in [9.17, 15) is 14.7 Å². The number of Topliss-reactive ketones (excluding diaryl/α,β-unsaturated/α-hetero) is 1. The molecule has 1 aliphatic heterocycles. The molecule has 1 aliphatic rings. The van der Waals surface area contributed by atoms with Crippen molar-refractivity contribution in [2.24, 2.45) is 0 Å². The summed E-state index contributed by atoms with van der Waals surface area (Å²) >= 11 is 0. The second kappa shape index (κ2) is 9.59. The molecule has 1 fully saturated rings. The van der Waals surface area contributed by atoms with Gasteiger partial charge in [-0.05, 0) is 43.2 Å². The van der Waals surface area contributed by atoms with Crippen molar-refractivity contribution in [2.75, 3.05) is 26.2 Å². The van der Waals surface area contributed by atoms with Gasteiger partial charge in [0.15, 0.2) is 11.5 Å². The van der Waals surface area contributed by atoms with Crippen molar-refractivity contribution in [3.8, 4) is 17.2 Å². The zero-order valence-electron chi connectivity index (χ0n) is 21.7. The highest BCUT2D eigenvalue weighted by atomic mass is 16.5. The Balaban J connectivity index is 1.73. The summed E-state index contributed by atoms with van der Waals surface area (Å²) in [7, 11) is 4.60. The third-order valence-electron chi connectivity index (χ3n) is 6.69. The van der Waals surface area contributed by atoms with Gasteiger partial charge in [-0.25, -0.2) is 4.98 Å². The highest BCUT2D eigenvalue weighted by molar-refractivity contribution is 6.51. The van der Waals surface area contributed by atoms with Gasteiger partial charge in [0.25, 0.3) is 5.78 Å². The lowest BCUT2D eigenvalue weighted by Gasteiger charge is -2.23. The molecule has 194 valence electrons. The van der Waals surface area contributed by atoms with Crippen molar-refractivity contribution >= 4 is 34.4 Å². The largest absolute Gasteiger partial charge is 0.507 e. The van der Waals surface area contributed by atoms with Crippen LogP contribution in [0.2, 0.25) is 0 Å². The number of nitrogens with one attached hydrogen (secondary N) is 1. The predicted octanol–water partition coefficient (Wildman–Crippen LogP) is 4.83. The number of hydrogen-bond acceptors (Lipinski definition) is 7. The molecule has 0 aliphatic carbocycles. The summed E-state index contributed by atoms with van der Waals surface area (Å²) in [4.78, 5) is 36.1. The lowest BCUT2D eigenvalue weighted by Crippen LogP contribution is -2.30. The number of aliphatic hydroxyl groups excluding tert-OH is 1. The maximum atomic E-state index is 13.5. The molecule has 1 amide bonds. The van der Waals surface area contributed by atoms with Crippen molar-refractivity contribution < 1.29 is 28.9 Å². The van der Waals surface area contributed by atoms with Gasteiger partial charge in [-0.3, -0.25) is 14.5 Å². The van der Waals surface area contributed by atoms with E-state index in [-0.39, 0.29) is 17.3 Å². The topological polar surface area (TPSA) is 114 Å². The van der Waals surface area contributed by atoms with Crippen LogP contribution in [0.15, 0.2) is 60.2 Å². The van der Waals surface area contributed by atoms with Crippen molar-refractivity contribution in [3.63, 3.8) is 0 Å². The average Bonchev–Trinajstić information content (AvgIpc) is 3.44. The van der Waals surface area contributed by atoms with Crippen LogP contribution < -0.4 is 19.1 Å². The van der Waals surface area contributed by atoms with E-state index in [1.165, 1.54) is 19.1 Å². The van der Waals surface area contributed by atoms with E-state index in [0.717, 1.165) is 5.56 Å². The third-order valence-corrected chi connectivity index (χ3v) is 6.69. The first-order chi connectivity index (χ1) is 18.3. The number of imidazole rings is 1. The SMILES string of the molecule is COc1ccc(/C(O)=C2\C(=O)C(=O)N(c3nc4cc(OC)c(OC)cc4[nH]3)C2c2cccc(C)c2)c(C)c1. The Bertz CT molecular complexity index is 1580. The number of nitrogens with zero attached hydrogens (tertiary/aromatic N) is 2. The minimum Gasteiger partial charge on any atom is -0.507 e. The van der Waals surface area contributed by atoms with Crippen LogP contribution in [0.25, 0.3) is 16.8 Å². The molecule has 0 spiro atoms. The zero-order chi connectivity index (χ0) is 27.1. The third kappa shape index (κ3) is 4.02. The van der Waals surface area contributed by atoms with Gasteiger partial charge in [-0.1, -0.05) is 29.8 Å². The molecule has 5 rings (SSSR count). The minimum absolute atomic E-state index is 0.0236. The number of carbonyl (C=O) groups is 2. The number of carbonyl (C=O) groups excluding carboxylic acids is 2. The smallest absolute Gasteiger partial charge is 0.302 e. The molecule has 0 saturated carbocycles. The van der Waals surface area contributed by atoms with E-state index in [2.05, 4.69) is 9.97 Å². The van der Waals surface area contributed by atoms with Crippen LogP contribution in [0.1, 0.15) is 28.3 Å². The maximum Gasteiger partial charge on any atom is 0.302 e. The summed E-state index contributed by atoms with van der Waals surface area (Å²) < 4.78 is 16.0. The number of aryl methyl sites for hydroxylation is 2. The monoisotopic (exact) mass is 513 g/mol. The molecule has 1 unspecified atom stereocenters. The van der Waals surface area contributed by atoms with Crippen LogP contribution >= 0.6 is 0 Å². The molecule has 9 heteroatoms. The van der Waals surface area contributed by atoms with Crippen LogP contribution in [0, 0.1) is 13.8 Å². The molecule has 4 aromatic rings. The van der Waals surface area contributed by atoms with Crippen LogP contribution in [0.3, 0.4) is 0 Å². The Hall–Kier alpha value is -4.79. The Kier molecular flexibility index (Phi) is 6.28. The summed E-state index contributed by atoms with van der Waals surface area (Å²) in [6, 6.07) is 15.1. The molecular formula is C29H27N3O6. The number of methoxy groups -OCH3 is 3. The Morgan fingerprint density at radius 3 is 2.34 bits per heavy atom. The molecule has 2 heterocycles. The zero-order valence-corrected chi connectivity index (χ0v) is 21.7. The molecular weight excluding hydrogens is 486 g/mol. The summed E-state index contributed by atoms with van der Waals surface area (Å²) in [6.07, 6.45) is 0. The highest BCUT2D eigenvalue weighted by Gasteiger charge is 2.48. The first kappa shape index (κ1) is 24.9. The molecule has 9 nitrogen and oxygen atoms in total. The Morgan fingerprint density at radius 2 is 1.68 bits per heavy atom. The van der Waals surface area contributed by atoms with Crippen molar-refractivity contribution in [1.82, 2.24) is 9.97 Å². The second-order valence-corrected chi connectivity index (χ2v) is 9.05. The maximum absolute atomic E-state index is 13.5. The van der Waals surface area contributed by atoms with Crippen molar-refractivity contribution in [3.05, 3.63) is 82.4 Å². The minimum atomic E-state index is -0.916. The van der Waals surface area contributed by atoms with Crippen LogP contribution in [-0.2, 0) is 9.59 Å². The number of aromatic nitrogens is 2. The number of ketones is 1. The first-order valence-electron chi connectivity index (χ1n) is 11.9. The summed E-state index contributed by atoms with van der Waals surface area (Å²) in [6.45, 7) is 3.72. The number of fused-ring (bicyclic) bond motifs is 1. The van der Waals surface area contributed by atoms with Gasteiger partial charge >= 0.3 is 5.91 Å². The molecule has 0 bridgehead atoms. The van der Waals surface area contributed by atoms with Crippen molar-refractivity contribution in [1.29, 1.82) is 0 Å². The number of anilines is 1. The van der Waals surface area contributed by atoms with Gasteiger partial charge in [0.2, 0.25) is 5.95 Å². The van der Waals surface area contributed by atoms with E-state index < -0.39 is 17.7 Å². The molecule has 3 aromatic carbocycles. The first-order valence-corrected chi connectivity index (χ1v) is 11.9. The standard InChI is InChI=1S/C29H27N3O6/c1-15-7-6-8-17(11-15)25-24(26(33)19-10-9-18(36-3)12-16(19)2)27(34)28(35)32(25)29-30-20-13-22(37-4)23(38-5)14-21(20)31-29/h6-14,25,33H,1-5H3,(H,30,31)/b26-24+. The van der Waals surface area contributed by atoms with Gasteiger partial charge in [0.1, 0.15) is 11.5 Å². The molecule has 0 radical (unpaired) electrons. The average molecular weight is 514 g/mol. The van der Waals surface area contributed by atoms with Gasteiger partial charge in [0.05, 0.1) is 44.0 Å². The molecule has 38 heavy (non-hydrogen) atoms. The number of hydrogen-bond donors (Lipinski definition) is 2. The fourth-order valence-electron chi connectivity index (χ4n) is 4.82. The number of H-pyrrole nitrogens is 1. The highest BCUT2D eigenvalue weighted by Crippen LogP contribution is 2.43. The van der Waals surface area contributed by atoms with Gasteiger partial charge < -0.3 is 24.3 Å². The van der Waals surface area contributed by atoms with E-state index in [1.54, 1.807) is 44.4 Å².